The highest BCUT2D eigenvalue weighted by molar-refractivity contribution is 5.96. The maximum absolute atomic E-state index is 12.6. The number of Topliss-reactive ketones (excluding diaryl/α,β-unsaturated/α-hetero) is 2. The van der Waals surface area contributed by atoms with Gasteiger partial charge in [-0.1, -0.05) is 39.8 Å². The van der Waals surface area contributed by atoms with Gasteiger partial charge in [0.25, 0.3) is 0 Å². The van der Waals surface area contributed by atoms with Crippen LogP contribution in [-0.4, -0.2) is 28.6 Å². The van der Waals surface area contributed by atoms with Crippen molar-refractivity contribution < 1.29 is 19.5 Å². The van der Waals surface area contributed by atoms with Gasteiger partial charge in [-0.3, -0.25) is 14.4 Å². The normalized spacial score (nSPS) is 19.0. The standard InChI is InChI=1S/C25H37NO4/c1-16(2)8-13-24(29)22(14-17(3)4)26-25(30)21-15-20(21)23(28)7-5-6-18-9-11-19(27)12-10-18/h9-12,16-17,20-22,27H,5-8,13-15H2,1-4H3,(H,26,30)/t20-,21?,22-/m0/s1. The topological polar surface area (TPSA) is 83.5 Å². The van der Waals surface area contributed by atoms with Crippen molar-refractivity contribution in [3.8, 4) is 5.75 Å². The highest BCUT2D eigenvalue weighted by atomic mass is 16.3. The summed E-state index contributed by atoms with van der Waals surface area (Å²) in [7, 11) is 0. The molecule has 30 heavy (non-hydrogen) atoms. The Labute approximate surface area is 180 Å². The van der Waals surface area contributed by atoms with Gasteiger partial charge in [-0.15, -0.1) is 0 Å². The molecule has 0 aromatic heterocycles. The van der Waals surface area contributed by atoms with Gasteiger partial charge in [-0.2, -0.15) is 0 Å². The Kier molecular flexibility index (Phi) is 9.07. The fourth-order valence-corrected chi connectivity index (χ4v) is 3.78. The summed E-state index contributed by atoms with van der Waals surface area (Å²) < 4.78 is 0. The van der Waals surface area contributed by atoms with Crippen molar-refractivity contribution >= 4 is 17.5 Å². The first-order valence-electron chi connectivity index (χ1n) is 11.3. The van der Waals surface area contributed by atoms with Crippen LogP contribution in [0.5, 0.6) is 5.75 Å². The first-order chi connectivity index (χ1) is 14.2. The van der Waals surface area contributed by atoms with E-state index in [0.29, 0.717) is 37.5 Å². The minimum Gasteiger partial charge on any atom is -0.508 e. The number of hydrogen-bond donors (Lipinski definition) is 2. The third-order valence-corrected chi connectivity index (χ3v) is 5.75. The van der Waals surface area contributed by atoms with Crippen LogP contribution in [0, 0.1) is 23.7 Å². The number of phenols is 1. The molecule has 1 aromatic rings. The zero-order valence-corrected chi connectivity index (χ0v) is 18.8. The van der Waals surface area contributed by atoms with Gasteiger partial charge in [0.05, 0.1) is 6.04 Å². The molecule has 2 N–H and O–H groups in total. The highest BCUT2D eigenvalue weighted by Crippen LogP contribution is 2.40. The van der Waals surface area contributed by atoms with E-state index >= 15 is 0 Å². The fourth-order valence-electron chi connectivity index (χ4n) is 3.78. The molecule has 0 saturated heterocycles. The van der Waals surface area contributed by atoms with Crippen LogP contribution in [-0.2, 0) is 20.8 Å². The van der Waals surface area contributed by atoms with Gasteiger partial charge in [0.1, 0.15) is 11.5 Å². The van der Waals surface area contributed by atoms with Crippen LogP contribution in [0.3, 0.4) is 0 Å². The summed E-state index contributed by atoms with van der Waals surface area (Å²) in [5, 5.41) is 12.3. The molecule has 5 heteroatoms. The van der Waals surface area contributed by atoms with Crippen molar-refractivity contribution in [2.45, 2.75) is 78.7 Å². The fraction of sp³-hybridized carbons (Fsp3) is 0.640. The van der Waals surface area contributed by atoms with E-state index in [-0.39, 0.29) is 35.1 Å². The van der Waals surface area contributed by atoms with Crippen LogP contribution in [0.15, 0.2) is 24.3 Å². The van der Waals surface area contributed by atoms with Gasteiger partial charge >= 0.3 is 0 Å². The lowest BCUT2D eigenvalue weighted by atomic mass is 9.95. The molecule has 1 fully saturated rings. The van der Waals surface area contributed by atoms with E-state index in [2.05, 4.69) is 19.2 Å². The third kappa shape index (κ3) is 7.92. The maximum atomic E-state index is 12.6. The number of amides is 1. The van der Waals surface area contributed by atoms with Gasteiger partial charge < -0.3 is 10.4 Å². The Bertz CT molecular complexity index is 723. The van der Waals surface area contributed by atoms with Gasteiger partial charge in [0.15, 0.2) is 5.78 Å². The second-order valence-corrected chi connectivity index (χ2v) is 9.52. The van der Waals surface area contributed by atoms with Crippen molar-refractivity contribution in [1.82, 2.24) is 5.32 Å². The molecule has 1 aliphatic carbocycles. The number of rotatable bonds is 13. The predicted octanol–water partition coefficient (Wildman–Crippen LogP) is 4.46. The monoisotopic (exact) mass is 415 g/mol. The van der Waals surface area contributed by atoms with Crippen molar-refractivity contribution in [2.24, 2.45) is 23.7 Å². The highest BCUT2D eigenvalue weighted by Gasteiger charge is 2.47. The minimum atomic E-state index is -0.443. The van der Waals surface area contributed by atoms with Gasteiger partial charge in [-0.25, -0.2) is 0 Å². The number of benzene rings is 1. The van der Waals surface area contributed by atoms with Crippen molar-refractivity contribution in [3.63, 3.8) is 0 Å². The van der Waals surface area contributed by atoms with Crippen LogP contribution in [0.2, 0.25) is 0 Å². The summed E-state index contributed by atoms with van der Waals surface area (Å²) in [4.78, 5) is 37.7. The van der Waals surface area contributed by atoms with Crippen molar-refractivity contribution in [3.05, 3.63) is 29.8 Å². The Morgan fingerprint density at radius 3 is 2.27 bits per heavy atom. The van der Waals surface area contributed by atoms with E-state index in [9.17, 15) is 19.5 Å². The molecule has 1 aliphatic rings. The molecule has 1 amide bonds. The summed E-state index contributed by atoms with van der Waals surface area (Å²) >= 11 is 0. The number of aromatic hydroxyl groups is 1. The van der Waals surface area contributed by atoms with E-state index in [0.717, 1.165) is 24.8 Å². The molecule has 166 valence electrons. The van der Waals surface area contributed by atoms with Gasteiger partial charge in [0, 0.05) is 24.7 Å². The summed E-state index contributed by atoms with van der Waals surface area (Å²) in [5.41, 5.74) is 1.09. The smallest absolute Gasteiger partial charge is 0.224 e. The van der Waals surface area contributed by atoms with Crippen molar-refractivity contribution in [1.29, 1.82) is 0 Å². The van der Waals surface area contributed by atoms with Crippen LogP contribution in [0.1, 0.15) is 71.8 Å². The van der Waals surface area contributed by atoms with Crippen LogP contribution < -0.4 is 5.32 Å². The predicted molar refractivity (Wildman–Crippen MR) is 118 cm³/mol. The van der Waals surface area contributed by atoms with E-state index < -0.39 is 6.04 Å². The molecule has 2 rings (SSSR count). The average Bonchev–Trinajstić information content (AvgIpc) is 3.47. The Morgan fingerprint density at radius 1 is 1.00 bits per heavy atom. The van der Waals surface area contributed by atoms with Crippen molar-refractivity contribution in [2.75, 3.05) is 0 Å². The minimum absolute atomic E-state index is 0.100. The van der Waals surface area contributed by atoms with Crippen LogP contribution >= 0.6 is 0 Å². The molecule has 5 nitrogen and oxygen atoms in total. The second kappa shape index (κ2) is 11.3. The van der Waals surface area contributed by atoms with Gasteiger partial charge in [-0.05, 0) is 61.6 Å². The molecule has 0 bridgehead atoms. The summed E-state index contributed by atoms with van der Waals surface area (Å²) in [5.74, 6) is 0.624. The largest absolute Gasteiger partial charge is 0.508 e. The molecule has 1 saturated carbocycles. The van der Waals surface area contributed by atoms with E-state index in [1.807, 2.05) is 26.0 Å². The Balaban J connectivity index is 1.78. The molecule has 3 atom stereocenters. The van der Waals surface area contributed by atoms with Crippen LogP contribution in [0.25, 0.3) is 0 Å². The first kappa shape index (κ1) is 24.1. The lowest BCUT2D eigenvalue weighted by Crippen LogP contribution is -2.43. The number of nitrogens with one attached hydrogen (secondary N) is 1. The SMILES string of the molecule is CC(C)CCC(=O)[C@H](CC(C)C)NC(=O)C1C[C@@H]1C(=O)CCCc1ccc(O)cc1. The number of aryl methyl sites for hydroxylation is 1. The molecule has 0 radical (unpaired) electrons. The number of carbonyl (C=O) groups is 3. The third-order valence-electron chi connectivity index (χ3n) is 5.75. The van der Waals surface area contributed by atoms with E-state index in [1.165, 1.54) is 0 Å². The average molecular weight is 416 g/mol. The number of carbonyl (C=O) groups excluding carboxylic acids is 3. The molecular weight excluding hydrogens is 378 g/mol. The van der Waals surface area contributed by atoms with Crippen LogP contribution in [0.4, 0.5) is 0 Å². The zero-order chi connectivity index (χ0) is 22.3. The first-order valence-corrected chi connectivity index (χ1v) is 11.3. The molecule has 0 aliphatic heterocycles. The summed E-state index contributed by atoms with van der Waals surface area (Å²) in [6, 6.07) is 6.57. The van der Waals surface area contributed by atoms with E-state index in [1.54, 1.807) is 12.1 Å². The summed E-state index contributed by atoms with van der Waals surface area (Å²) in [6.07, 6.45) is 4.51. The zero-order valence-electron chi connectivity index (χ0n) is 18.8. The molecule has 0 heterocycles. The molecule has 1 aromatic carbocycles. The van der Waals surface area contributed by atoms with E-state index in [4.69, 9.17) is 0 Å². The molecule has 1 unspecified atom stereocenters. The second-order valence-electron chi connectivity index (χ2n) is 9.52. The maximum Gasteiger partial charge on any atom is 0.224 e. The number of phenolic OH excluding ortho intramolecular Hbond substituents is 1. The number of ketones is 2. The quantitative estimate of drug-likeness (QED) is 0.498. The number of hydrogen-bond acceptors (Lipinski definition) is 4. The lowest BCUT2D eigenvalue weighted by Gasteiger charge is -2.20. The van der Waals surface area contributed by atoms with Gasteiger partial charge in [0.2, 0.25) is 5.91 Å². The lowest BCUT2D eigenvalue weighted by molar-refractivity contribution is -0.130. The summed E-state index contributed by atoms with van der Waals surface area (Å²) in [6.45, 7) is 8.27. The Morgan fingerprint density at radius 2 is 1.67 bits per heavy atom. The Hall–Kier alpha value is -2.17. The molecular formula is C25H37NO4. The molecule has 0 spiro atoms.